The maximum atomic E-state index is 13.5. The molecule has 0 saturated heterocycles. The molecular weight excluding hydrogens is 429 g/mol. The Kier molecular flexibility index (Phi) is 5.25. The van der Waals surface area contributed by atoms with Crippen LogP contribution in [-0.4, -0.2) is 40.2 Å². The quantitative estimate of drug-likeness (QED) is 0.784. The molecule has 1 atom stereocenters. The number of halogens is 4. The van der Waals surface area contributed by atoms with Crippen molar-refractivity contribution in [1.82, 2.24) is 5.01 Å². The third-order valence-corrected chi connectivity index (χ3v) is 4.49. The van der Waals surface area contributed by atoms with E-state index in [0.29, 0.717) is 11.3 Å². The highest BCUT2D eigenvalue weighted by atomic mass is 79.9. The molecule has 0 spiro atoms. The number of benzene rings is 2. The molecule has 0 fully saturated rings. The molecule has 2 aromatic rings. The van der Waals surface area contributed by atoms with E-state index in [4.69, 9.17) is 4.74 Å². The highest BCUT2D eigenvalue weighted by Gasteiger charge is 2.63. The van der Waals surface area contributed by atoms with Crippen molar-refractivity contribution >= 4 is 27.5 Å². The van der Waals surface area contributed by atoms with Crippen LogP contribution in [0.5, 0.6) is 5.75 Å². The van der Waals surface area contributed by atoms with Crippen molar-refractivity contribution in [3.63, 3.8) is 0 Å². The number of hydrazone groups is 1. The number of carbonyl (C=O) groups excluding carboxylic acids is 1. The van der Waals surface area contributed by atoms with Gasteiger partial charge in [-0.05, 0) is 29.8 Å². The molecule has 1 heterocycles. The predicted molar refractivity (Wildman–Crippen MR) is 95.1 cm³/mol. The first-order chi connectivity index (χ1) is 12.7. The highest BCUT2D eigenvalue weighted by molar-refractivity contribution is 9.10. The zero-order chi connectivity index (χ0) is 19.7. The minimum Gasteiger partial charge on any atom is -0.484 e. The molecule has 1 amide bonds. The highest BCUT2D eigenvalue weighted by Crippen LogP contribution is 2.41. The maximum absolute atomic E-state index is 13.5. The van der Waals surface area contributed by atoms with Gasteiger partial charge in [0.1, 0.15) is 5.75 Å². The van der Waals surface area contributed by atoms with Crippen LogP contribution in [0.15, 0.2) is 64.2 Å². The van der Waals surface area contributed by atoms with Crippen LogP contribution in [0.4, 0.5) is 13.2 Å². The van der Waals surface area contributed by atoms with Crippen LogP contribution in [-0.2, 0) is 4.79 Å². The summed E-state index contributed by atoms with van der Waals surface area (Å²) in [6, 6.07) is 14.5. The molecule has 0 unspecified atom stereocenters. The topological polar surface area (TPSA) is 62.1 Å². The number of alkyl halides is 3. The monoisotopic (exact) mass is 442 g/mol. The van der Waals surface area contributed by atoms with Crippen LogP contribution in [0.2, 0.25) is 0 Å². The lowest BCUT2D eigenvalue weighted by Gasteiger charge is -2.32. The van der Waals surface area contributed by atoms with E-state index in [1.54, 1.807) is 54.6 Å². The van der Waals surface area contributed by atoms with Crippen LogP contribution in [0.25, 0.3) is 0 Å². The average molecular weight is 443 g/mol. The van der Waals surface area contributed by atoms with Crippen molar-refractivity contribution < 1.29 is 27.8 Å². The fourth-order valence-electron chi connectivity index (χ4n) is 2.55. The second kappa shape index (κ2) is 7.32. The molecule has 27 heavy (non-hydrogen) atoms. The number of aliphatic hydroxyl groups is 1. The fraction of sp³-hybridized carbons (Fsp3) is 0.222. The molecule has 2 aromatic carbocycles. The SMILES string of the molecule is O=C(COc1ccccc1)N1N=C(c2ccc(Br)cc2)C[C@]1(O)C(F)(F)F. The Morgan fingerprint density at radius 3 is 2.41 bits per heavy atom. The Morgan fingerprint density at radius 2 is 1.81 bits per heavy atom. The van der Waals surface area contributed by atoms with Gasteiger partial charge in [-0.2, -0.15) is 23.3 Å². The maximum Gasteiger partial charge on any atom is 0.438 e. The Morgan fingerprint density at radius 1 is 1.19 bits per heavy atom. The van der Waals surface area contributed by atoms with E-state index < -0.39 is 30.8 Å². The number of rotatable bonds is 4. The number of carbonyl (C=O) groups is 1. The molecule has 5 nitrogen and oxygen atoms in total. The minimum absolute atomic E-state index is 0.0459. The van der Waals surface area contributed by atoms with E-state index in [0.717, 1.165) is 4.47 Å². The molecule has 3 rings (SSSR count). The first-order valence-electron chi connectivity index (χ1n) is 7.84. The van der Waals surface area contributed by atoms with Gasteiger partial charge in [0.05, 0.1) is 12.1 Å². The Hall–Kier alpha value is -2.39. The first-order valence-corrected chi connectivity index (χ1v) is 8.63. The number of amides is 1. The number of hydrogen-bond donors (Lipinski definition) is 1. The second-order valence-corrected chi connectivity index (χ2v) is 6.77. The number of nitrogens with zero attached hydrogens (tertiary/aromatic N) is 2. The van der Waals surface area contributed by atoms with Crippen LogP contribution in [0, 0.1) is 0 Å². The van der Waals surface area contributed by atoms with Crippen molar-refractivity contribution in [3.05, 3.63) is 64.6 Å². The largest absolute Gasteiger partial charge is 0.484 e. The van der Waals surface area contributed by atoms with Crippen molar-refractivity contribution in [1.29, 1.82) is 0 Å². The molecular formula is C18H14BrF3N2O3. The van der Waals surface area contributed by atoms with Crippen molar-refractivity contribution in [2.75, 3.05) is 6.61 Å². The van der Waals surface area contributed by atoms with Gasteiger partial charge in [0, 0.05) is 4.47 Å². The van der Waals surface area contributed by atoms with Gasteiger partial charge in [-0.1, -0.05) is 46.3 Å². The summed E-state index contributed by atoms with van der Waals surface area (Å²) in [5, 5.41) is 14.1. The lowest BCUT2D eigenvalue weighted by molar-refractivity contribution is -0.302. The van der Waals surface area contributed by atoms with E-state index in [9.17, 15) is 23.1 Å². The van der Waals surface area contributed by atoms with E-state index in [1.165, 1.54) is 0 Å². The molecule has 9 heteroatoms. The van der Waals surface area contributed by atoms with Crippen molar-refractivity contribution in [2.45, 2.75) is 18.3 Å². The molecule has 0 aromatic heterocycles. The van der Waals surface area contributed by atoms with Crippen molar-refractivity contribution in [2.24, 2.45) is 5.10 Å². The van der Waals surface area contributed by atoms with Crippen LogP contribution < -0.4 is 4.74 Å². The molecule has 0 bridgehead atoms. The van der Waals surface area contributed by atoms with Gasteiger partial charge in [-0.15, -0.1) is 0 Å². The Bertz CT molecular complexity index is 856. The number of hydrogen-bond acceptors (Lipinski definition) is 4. The van der Waals surface area contributed by atoms with Crippen LogP contribution in [0.3, 0.4) is 0 Å². The molecule has 0 saturated carbocycles. The summed E-state index contributed by atoms with van der Waals surface area (Å²) in [5.74, 6) is -0.788. The van der Waals surface area contributed by atoms with E-state index in [-0.39, 0.29) is 10.7 Å². The predicted octanol–water partition coefficient (Wildman–Crippen LogP) is 3.72. The Labute approximate surface area is 161 Å². The zero-order valence-corrected chi connectivity index (χ0v) is 15.4. The summed E-state index contributed by atoms with van der Waals surface area (Å²) in [5.41, 5.74) is -3.09. The van der Waals surface area contributed by atoms with E-state index in [2.05, 4.69) is 21.0 Å². The number of ether oxygens (including phenoxy) is 1. The molecule has 142 valence electrons. The second-order valence-electron chi connectivity index (χ2n) is 5.85. The third kappa shape index (κ3) is 3.98. The zero-order valence-electron chi connectivity index (χ0n) is 13.8. The average Bonchev–Trinajstić information content (AvgIpc) is 3.00. The lowest BCUT2D eigenvalue weighted by atomic mass is 10.0. The van der Waals surface area contributed by atoms with E-state index in [1.807, 2.05) is 0 Å². The summed E-state index contributed by atoms with van der Waals surface area (Å²) in [4.78, 5) is 12.3. The molecule has 0 radical (unpaired) electrons. The van der Waals surface area contributed by atoms with Gasteiger partial charge in [0.25, 0.3) is 11.6 Å². The third-order valence-electron chi connectivity index (χ3n) is 3.96. The summed E-state index contributed by atoms with van der Waals surface area (Å²) in [6.07, 6.45) is -5.95. The smallest absolute Gasteiger partial charge is 0.438 e. The van der Waals surface area contributed by atoms with Crippen LogP contribution in [0.1, 0.15) is 12.0 Å². The van der Waals surface area contributed by atoms with E-state index >= 15 is 0 Å². The van der Waals surface area contributed by atoms with Crippen molar-refractivity contribution in [3.8, 4) is 5.75 Å². The summed E-state index contributed by atoms with van der Waals surface area (Å²) in [6.45, 7) is -0.695. The lowest BCUT2D eigenvalue weighted by Crippen LogP contribution is -2.57. The first kappa shape index (κ1) is 19.4. The van der Waals surface area contributed by atoms with Gasteiger partial charge in [-0.25, -0.2) is 0 Å². The summed E-state index contributed by atoms with van der Waals surface area (Å²) >= 11 is 3.24. The van der Waals surface area contributed by atoms with Crippen LogP contribution >= 0.6 is 15.9 Å². The molecule has 0 aliphatic carbocycles. The summed E-state index contributed by atoms with van der Waals surface area (Å²) < 4.78 is 46.5. The minimum atomic E-state index is -5.09. The molecule has 1 aliphatic heterocycles. The fourth-order valence-corrected chi connectivity index (χ4v) is 2.82. The standard InChI is InChI=1S/C18H14BrF3N2O3/c19-13-8-6-12(7-9-13)15-10-17(26,18(20,21)22)24(23-15)16(25)11-27-14-4-2-1-3-5-14/h1-9,26H,10-11H2/t17-/m0/s1. The van der Waals surface area contributed by atoms with Gasteiger partial charge < -0.3 is 9.84 Å². The molecule has 1 aliphatic rings. The van der Waals surface area contributed by atoms with Gasteiger partial charge in [0.15, 0.2) is 6.61 Å². The van der Waals surface area contributed by atoms with Gasteiger partial charge in [0.2, 0.25) is 0 Å². The summed E-state index contributed by atoms with van der Waals surface area (Å²) in [7, 11) is 0. The normalized spacial score (nSPS) is 19.7. The Balaban J connectivity index is 1.85. The van der Waals surface area contributed by atoms with Gasteiger partial charge in [-0.3, -0.25) is 4.79 Å². The molecule has 1 N–H and O–H groups in total. The van der Waals surface area contributed by atoms with Gasteiger partial charge >= 0.3 is 6.18 Å². The number of para-hydroxylation sites is 1.